The van der Waals surface area contributed by atoms with E-state index in [1.807, 2.05) is 0 Å². The Morgan fingerprint density at radius 2 is 1.81 bits per heavy atom. The molecular weight excluding hydrogens is 282 g/mol. The summed E-state index contributed by atoms with van der Waals surface area (Å²) in [7, 11) is 0. The zero-order valence-electron chi connectivity index (χ0n) is 10.9. The molecule has 1 amide bonds. The fourth-order valence-electron chi connectivity index (χ4n) is 1.63. The number of aromatic nitrogens is 1. The summed E-state index contributed by atoms with van der Waals surface area (Å²) in [5, 5.41) is 10.8. The van der Waals surface area contributed by atoms with Crippen molar-refractivity contribution >= 4 is 17.6 Å². The molecule has 1 aromatic heterocycles. The van der Waals surface area contributed by atoms with Gasteiger partial charge in [0.05, 0.1) is 0 Å². The van der Waals surface area contributed by atoms with Crippen LogP contribution in [0.2, 0.25) is 0 Å². The maximum atomic E-state index is 13.8. The van der Waals surface area contributed by atoms with E-state index in [4.69, 9.17) is 5.11 Å². The van der Waals surface area contributed by atoms with E-state index in [9.17, 15) is 18.4 Å². The third kappa shape index (κ3) is 3.02. The minimum absolute atomic E-state index is 0.166. The number of halogens is 2. The predicted octanol–water partition coefficient (Wildman–Crippen LogP) is 2.62. The van der Waals surface area contributed by atoms with Gasteiger partial charge in [-0.05, 0) is 30.7 Å². The van der Waals surface area contributed by atoms with Crippen molar-refractivity contribution < 1.29 is 23.5 Å². The molecular formula is C14H10F2N2O3. The highest BCUT2D eigenvalue weighted by molar-refractivity contribution is 6.03. The molecule has 5 nitrogen and oxygen atoms in total. The van der Waals surface area contributed by atoms with E-state index in [2.05, 4.69) is 10.3 Å². The van der Waals surface area contributed by atoms with Crippen LogP contribution >= 0.6 is 0 Å². The van der Waals surface area contributed by atoms with Gasteiger partial charge >= 0.3 is 5.97 Å². The average molecular weight is 292 g/mol. The van der Waals surface area contributed by atoms with Gasteiger partial charge in [0.25, 0.3) is 5.91 Å². The van der Waals surface area contributed by atoms with Gasteiger partial charge in [0, 0.05) is 0 Å². The number of benzene rings is 1. The van der Waals surface area contributed by atoms with Gasteiger partial charge in [-0.15, -0.1) is 0 Å². The van der Waals surface area contributed by atoms with Gasteiger partial charge in [0.15, 0.2) is 5.82 Å². The third-order valence-electron chi connectivity index (χ3n) is 2.72. The summed E-state index contributed by atoms with van der Waals surface area (Å²) in [6, 6.07) is 6.02. The predicted molar refractivity (Wildman–Crippen MR) is 70.2 cm³/mol. The van der Waals surface area contributed by atoms with Crippen molar-refractivity contribution in [2.45, 2.75) is 6.92 Å². The monoisotopic (exact) mass is 292 g/mol. The van der Waals surface area contributed by atoms with Gasteiger partial charge in [-0.2, -0.15) is 0 Å². The number of anilines is 1. The highest BCUT2D eigenvalue weighted by atomic mass is 19.1. The molecule has 0 radical (unpaired) electrons. The van der Waals surface area contributed by atoms with E-state index in [0.717, 1.165) is 6.07 Å². The Kier molecular flexibility index (Phi) is 3.93. The molecule has 1 heterocycles. The van der Waals surface area contributed by atoms with Crippen LogP contribution in [0.1, 0.15) is 26.5 Å². The number of hydrogen-bond acceptors (Lipinski definition) is 3. The molecule has 0 saturated heterocycles. The standard InChI is InChI=1S/C14H10F2N2O3/c1-7-5-6-8(15)12(11(7)16)18-13(19)9-3-2-4-10(17-9)14(20)21/h2-6H,1H3,(H,18,19)(H,20,21). The van der Waals surface area contributed by atoms with Gasteiger partial charge in [0.2, 0.25) is 0 Å². The van der Waals surface area contributed by atoms with E-state index >= 15 is 0 Å². The largest absolute Gasteiger partial charge is 0.477 e. The molecule has 7 heteroatoms. The van der Waals surface area contributed by atoms with Crippen LogP contribution in [0.25, 0.3) is 0 Å². The first-order chi connectivity index (χ1) is 9.90. The molecule has 2 aromatic rings. The van der Waals surface area contributed by atoms with Crippen LogP contribution in [-0.2, 0) is 0 Å². The van der Waals surface area contributed by atoms with E-state index in [1.54, 1.807) is 0 Å². The van der Waals surface area contributed by atoms with E-state index in [0.29, 0.717) is 0 Å². The van der Waals surface area contributed by atoms with Crippen molar-refractivity contribution in [1.82, 2.24) is 4.98 Å². The number of carboxylic acids is 1. The van der Waals surface area contributed by atoms with Gasteiger partial charge in [-0.25, -0.2) is 18.6 Å². The molecule has 1 aromatic carbocycles. The van der Waals surface area contributed by atoms with Crippen LogP contribution in [-0.4, -0.2) is 22.0 Å². The molecule has 2 rings (SSSR count). The number of carbonyl (C=O) groups excluding carboxylic acids is 1. The zero-order valence-corrected chi connectivity index (χ0v) is 10.9. The molecule has 0 saturated carbocycles. The van der Waals surface area contributed by atoms with Crippen molar-refractivity contribution in [1.29, 1.82) is 0 Å². The first kappa shape index (κ1) is 14.6. The Morgan fingerprint density at radius 3 is 2.48 bits per heavy atom. The Bertz CT molecular complexity index is 732. The second-order valence-electron chi connectivity index (χ2n) is 4.22. The van der Waals surface area contributed by atoms with Gasteiger partial charge < -0.3 is 10.4 Å². The summed E-state index contributed by atoms with van der Waals surface area (Å²) in [6.07, 6.45) is 0. The van der Waals surface area contributed by atoms with Crippen LogP contribution in [0.4, 0.5) is 14.5 Å². The van der Waals surface area contributed by atoms with E-state index < -0.39 is 29.2 Å². The molecule has 0 fully saturated rings. The van der Waals surface area contributed by atoms with Gasteiger partial charge in [0.1, 0.15) is 22.9 Å². The smallest absolute Gasteiger partial charge is 0.354 e. The molecule has 0 unspecified atom stereocenters. The topological polar surface area (TPSA) is 79.3 Å². The normalized spacial score (nSPS) is 10.2. The zero-order chi connectivity index (χ0) is 15.6. The van der Waals surface area contributed by atoms with Crippen molar-refractivity contribution in [3.05, 3.63) is 58.9 Å². The average Bonchev–Trinajstić information content (AvgIpc) is 2.47. The van der Waals surface area contributed by atoms with E-state index in [1.165, 1.54) is 31.2 Å². The van der Waals surface area contributed by atoms with Gasteiger partial charge in [-0.1, -0.05) is 12.1 Å². The highest BCUT2D eigenvalue weighted by Crippen LogP contribution is 2.22. The van der Waals surface area contributed by atoms with Crippen molar-refractivity contribution in [3.63, 3.8) is 0 Å². The Labute approximate surface area is 118 Å². The number of nitrogens with zero attached hydrogens (tertiary/aromatic N) is 1. The minimum Gasteiger partial charge on any atom is -0.477 e. The first-order valence-electron chi connectivity index (χ1n) is 5.86. The maximum Gasteiger partial charge on any atom is 0.354 e. The fourth-order valence-corrected chi connectivity index (χ4v) is 1.63. The molecule has 0 aliphatic heterocycles. The van der Waals surface area contributed by atoms with Gasteiger partial charge in [-0.3, -0.25) is 4.79 Å². The lowest BCUT2D eigenvalue weighted by Crippen LogP contribution is -2.17. The number of aryl methyl sites for hydroxylation is 1. The molecule has 0 aliphatic rings. The SMILES string of the molecule is Cc1ccc(F)c(NC(=O)c2cccc(C(=O)O)n2)c1F. The van der Waals surface area contributed by atoms with E-state index in [-0.39, 0.29) is 17.0 Å². The minimum atomic E-state index is -1.31. The van der Waals surface area contributed by atoms with Crippen LogP contribution in [0.3, 0.4) is 0 Å². The lowest BCUT2D eigenvalue weighted by Gasteiger charge is -2.09. The van der Waals surface area contributed by atoms with Crippen LogP contribution in [0.15, 0.2) is 30.3 Å². The quantitative estimate of drug-likeness (QED) is 0.911. The number of rotatable bonds is 3. The number of amides is 1. The van der Waals surface area contributed by atoms with Crippen molar-refractivity contribution in [2.24, 2.45) is 0 Å². The molecule has 0 atom stereocenters. The van der Waals surface area contributed by atoms with Crippen LogP contribution < -0.4 is 5.32 Å². The Morgan fingerprint density at radius 1 is 1.14 bits per heavy atom. The first-order valence-corrected chi connectivity index (χ1v) is 5.86. The highest BCUT2D eigenvalue weighted by Gasteiger charge is 2.17. The van der Waals surface area contributed by atoms with Crippen LogP contribution in [0.5, 0.6) is 0 Å². The molecule has 108 valence electrons. The fraction of sp³-hybridized carbons (Fsp3) is 0.0714. The molecule has 21 heavy (non-hydrogen) atoms. The number of hydrogen-bond donors (Lipinski definition) is 2. The number of nitrogens with one attached hydrogen (secondary N) is 1. The molecule has 0 bridgehead atoms. The van der Waals surface area contributed by atoms with Crippen molar-refractivity contribution in [3.8, 4) is 0 Å². The summed E-state index contributed by atoms with van der Waals surface area (Å²) >= 11 is 0. The second kappa shape index (κ2) is 5.66. The third-order valence-corrected chi connectivity index (χ3v) is 2.72. The Hall–Kier alpha value is -2.83. The molecule has 0 aliphatic carbocycles. The summed E-state index contributed by atoms with van der Waals surface area (Å²) in [6.45, 7) is 1.42. The lowest BCUT2D eigenvalue weighted by molar-refractivity contribution is 0.0690. The second-order valence-corrected chi connectivity index (χ2v) is 4.22. The molecule has 0 spiro atoms. The summed E-state index contributed by atoms with van der Waals surface area (Å²) in [5.74, 6) is -4.03. The Balaban J connectivity index is 2.33. The maximum absolute atomic E-state index is 13.8. The number of carboxylic acid groups (broad SMARTS) is 1. The summed E-state index contributed by atoms with van der Waals surface area (Å²) in [4.78, 5) is 26.3. The molecule has 2 N–H and O–H groups in total. The summed E-state index contributed by atoms with van der Waals surface area (Å²) < 4.78 is 27.3. The van der Waals surface area contributed by atoms with Crippen molar-refractivity contribution in [2.75, 3.05) is 5.32 Å². The number of pyridine rings is 1. The van der Waals surface area contributed by atoms with Crippen LogP contribution in [0, 0.1) is 18.6 Å². The summed E-state index contributed by atoms with van der Waals surface area (Å²) in [5.41, 5.74) is -1.02. The number of aromatic carboxylic acids is 1. The number of carbonyl (C=O) groups is 2. The lowest BCUT2D eigenvalue weighted by atomic mass is 10.2.